The quantitative estimate of drug-likeness (QED) is 0.598. The number of benzene rings is 1. The van der Waals surface area contributed by atoms with Gasteiger partial charge in [-0.1, -0.05) is 77.2 Å². The summed E-state index contributed by atoms with van der Waals surface area (Å²) in [5.41, 5.74) is 7.01. The third-order valence-electron chi connectivity index (χ3n) is 5.01. The number of piperidine rings is 1. The topological polar surface area (TPSA) is 46.3 Å². The van der Waals surface area contributed by atoms with Crippen LogP contribution in [0.1, 0.15) is 18.4 Å². The van der Waals surface area contributed by atoms with Gasteiger partial charge in [-0.05, 0) is 37.4 Å². The molecule has 2 atom stereocenters. The van der Waals surface area contributed by atoms with Crippen molar-refractivity contribution < 1.29 is 4.79 Å². The molecule has 2 aliphatic rings. The molecular formula is C19H23IN2O. The van der Waals surface area contributed by atoms with Gasteiger partial charge in [-0.15, -0.1) is 0 Å². The lowest BCUT2D eigenvalue weighted by Crippen LogP contribution is -2.48. The summed E-state index contributed by atoms with van der Waals surface area (Å²) in [6.45, 7) is 3.16. The van der Waals surface area contributed by atoms with Gasteiger partial charge >= 0.3 is 0 Å². The van der Waals surface area contributed by atoms with Crippen LogP contribution in [0, 0.1) is 11.8 Å². The number of alkyl halides is 1. The largest absolute Gasteiger partial charge is 0.369 e. The highest BCUT2D eigenvalue weighted by Gasteiger charge is 2.44. The number of amides is 1. The van der Waals surface area contributed by atoms with Crippen molar-refractivity contribution in [3.8, 4) is 0 Å². The Morgan fingerprint density at radius 3 is 2.57 bits per heavy atom. The van der Waals surface area contributed by atoms with Crippen molar-refractivity contribution in [1.29, 1.82) is 0 Å². The fraction of sp³-hybridized carbons (Fsp3) is 0.421. The van der Waals surface area contributed by atoms with E-state index in [-0.39, 0.29) is 15.2 Å². The Morgan fingerprint density at radius 2 is 1.91 bits per heavy atom. The van der Waals surface area contributed by atoms with Crippen molar-refractivity contribution >= 4 is 28.5 Å². The normalized spacial score (nSPS) is 28.8. The molecule has 1 amide bonds. The number of allylic oxidation sites excluding steroid dienone is 3. The first-order chi connectivity index (χ1) is 11.1. The molecule has 0 spiro atoms. The molecule has 0 aromatic heterocycles. The second kappa shape index (κ2) is 7.18. The third kappa shape index (κ3) is 3.69. The number of hydrogen-bond donors (Lipinski definition) is 1. The minimum atomic E-state index is -0.216. The molecule has 1 saturated heterocycles. The van der Waals surface area contributed by atoms with Crippen LogP contribution in [0.3, 0.4) is 0 Å². The number of carbonyl (C=O) groups is 1. The van der Waals surface area contributed by atoms with Gasteiger partial charge in [0.05, 0.1) is 9.34 Å². The highest BCUT2D eigenvalue weighted by molar-refractivity contribution is 14.1. The summed E-state index contributed by atoms with van der Waals surface area (Å²) in [7, 11) is 0. The van der Waals surface area contributed by atoms with Gasteiger partial charge in [0.15, 0.2) is 0 Å². The minimum absolute atomic E-state index is 0.169. The molecule has 122 valence electrons. The summed E-state index contributed by atoms with van der Waals surface area (Å²) in [6.07, 6.45) is 10.4. The molecule has 0 saturated carbocycles. The number of halogens is 1. The average molecular weight is 422 g/mol. The van der Waals surface area contributed by atoms with Crippen LogP contribution in [0.5, 0.6) is 0 Å². The zero-order valence-electron chi connectivity index (χ0n) is 13.2. The third-order valence-corrected chi connectivity index (χ3v) is 6.92. The summed E-state index contributed by atoms with van der Waals surface area (Å²) in [5.74, 6) is 0.0827. The Balaban J connectivity index is 1.63. The highest BCUT2D eigenvalue weighted by atomic mass is 127. The van der Waals surface area contributed by atoms with E-state index in [1.54, 1.807) is 0 Å². The van der Waals surface area contributed by atoms with Gasteiger partial charge in [0.2, 0.25) is 5.91 Å². The summed E-state index contributed by atoms with van der Waals surface area (Å²) in [4.78, 5) is 14.3. The molecule has 1 fully saturated rings. The van der Waals surface area contributed by atoms with Crippen molar-refractivity contribution in [2.24, 2.45) is 17.6 Å². The van der Waals surface area contributed by atoms with E-state index < -0.39 is 0 Å². The zero-order chi connectivity index (χ0) is 16.3. The van der Waals surface area contributed by atoms with Gasteiger partial charge < -0.3 is 5.73 Å². The first-order valence-electron chi connectivity index (χ1n) is 8.20. The summed E-state index contributed by atoms with van der Waals surface area (Å²) in [5, 5.41) is 0. The Labute approximate surface area is 151 Å². The predicted molar refractivity (Wildman–Crippen MR) is 102 cm³/mol. The van der Waals surface area contributed by atoms with Crippen LogP contribution >= 0.6 is 22.6 Å². The van der Waals surface area contributed by atoms with Crippen LogP contribution in [0.4, 0.5) is 0 Å². The van der Waals surface area contributed by atoms with E-state index in [4.69, 9.17) is 5.73 Å². The summed E-state index contributed by atoms with van der Waals surface area (Å²) >= 11 is 2.46. The van der Waals surface area contributed by atoms with E-state index in [1.165, 1.54) is 5.56 Å². The lowest BCUT2D eigenvalue weighted by Gasteiger charge is -2.43. The molecule has 23 heavy (non-hydrogen) atoms. The monoisotopic (exact) mass is 422 g/mol. The maximum absolute atomic E-state index is 11.8. The highest BCUT2D eigenvalue weighted by Crippen LogP contribution is 2.45. The zero-order valence-corrected chi connectivity index (χ0v) is 15.4. The predicted octanol–water partition coefficient (Wildman–Crippen LogP) is 3.30. The van der Waals surface area contributed by atoms with Crippen LogP contribution in [0.25, 0.3) is 0 Å². The van der Waals surface area contributed by atoms with Gasteiger partial charge in [0.25, 0.3) is 0 Å². The maximum Gasteiger partial charge on any atom is 0.226 e. The molecule has 0 radical (unpaired) electrons. The maximum atomic E-state index is 11.8. The Hall–Kier alpha value is -1.14. The average Bonchev–Trinajstić information content (AvgIpc) is 2.56. The number of hydrogen-bond acceptors (Lipinski definition) is 2. The second-order valence-corrected chi connectivity index (χ2v) is 8.36. The smallest absolute Gasteiger partial charge is 0.226 e. The van der Waals surface area contributed by atoms with Crippen molar-refractivity contribution in [2.45, 2.75) is 22.8 Å². The van der Waals surface area contributed by atoms with Crippen molar-refractivity contribution in [3.63, 3.8) is 0 Å². The van der Waals surface area contributed by atoms with Crippen LogP contribution in [-0.2, 0) is 11.3 Å². The van der Waals surface area contributed by atoms with Crippen LogP contribution in [-0.4, -0.2) is 27.3 Å². The molecule has 2 unspecified atom stereocenters. The molecule has 3 nitrogen and oxygen atoms in total. The molecule has 1 aromatic carbocycles. The summed E-state index contributed by atoms with van der Waals surface area (Å²) < 4.78 is -0.169. The van der Waals surface area contributed by atoms with E-state index >= 15 is 0 Å². The molecule has 1 aliphatic carbocycles. The Bertz CT molecular complexity index is 605. The first-order valence-corrected chi connectivity index (χ1v) is 9.28. The number of primary amides is 1. The molecule has 0 bridgehead atoms. The van der Waals surface area contributed by atoms with E-state index in [9.17, 15) is 4.79 Å². The van der Waals surface area contributed by atoms with Crippen LogP contribution in [0.2, 0.25) is 0 Å². The molecule has 1 aromatic rings. The SMILES string of the molecule is NC(=O)C1C=CC=CC1(I)C1CCN(Cc2ccccc2)CC1. The van der Waals surface area contributed by atoms with E-state index in [0.717, 1.165) is 32.5 Å². The van der Waals surface area contributed by atoms with Crippen LogP contribution < -0.4 is 5.73 Å². The molecular weight excluding hydrogens is 399 g/mol. The van der Waals surface area contributed by atoms with Gasteiger partial charge in [-0.25, -0.2) is 0 Å². The van der Waals surface area contributed by atoms with Gasteiger partial charge in [-0.3, -0.25) is 9.69 Å². The van der Waals surface area contributed by atoms with E-state index in [2.05, 4.69) is 70.0 Å². The minimum Gasteiger partial charge on any atom is -0.369 e. The molecule has 1 heterocycles. The standard InChI is InChI=1S/C19H23IN2O/c20-19(11-5-4-8-17(19)18(21)23)16-9-12-22(13-10-16)14-15-6-2-1-3-7-15/h1-8,11,16-17H,9-10,12-14H2,(H2,21,23). The number of nitrogens with zero attached hydrogens (tertiary/aromatic N) is 1. The number of nitrogens with two attached hydrogens (primary N) is 1. The number of likely N-dealkylation sites (tertiary alicyclic amines) is 1. The van der Waals surface area contributed by atoms with Crippen molar-refractivity contribution in [2.75, 3.05) is 13.1 Å². The fourth-order valence-corrected chi connectivity index (χ4v) is 5.05. The van der Waals surface area contributed by atoms with Gasteiger partial charge in [0, 0.05) is 6.54 Å². The molecule has 2 N–H and O–H groups in total. The number of rotatable bonds is 4. The molecule has 4 heteroatoms. The number of carbonyl (C=O) groups excluding carboxylic acids is 1. The van der Waals surface area contributed by atoms with Crippen molar-refractivity contribution in [1.82, 2.24) is 4.90 Å². The Kier molecular flexibility index (Phi) is 5.21. The lowest BCUT2D eigenvalue weighted by atomic mass is 9.74. The second-order valence-electron chi connectivity index (χ2n) is 6.49. The summed E-state index contributed by atoms with van der Waals surface area (Å²) in [6, 6.07) is 10.6. The van der Waals surface area contributed by atoms with E-state index in [1.807, 2.05) is 12.2 Å². The van der Waals surface area contributed by atoms with E-state index in [0.29, 0.717) is 5.92 Å². The van der Waals surface area contributed by atoms with Crippen molar-refractivity contribution in [3.05, 3.63) is 60.2 Å². The van der Waals surface area contributed by atoms with Gasteiger partial charge in [-0.2, -0.15) is 0 Å². The molecule has 1 aliphatic heterocycles. The Morgan fingerprint density at radius 1 is 1.22 bits per heavy atom. The fourth-order valence-electron chi connectivity index (χ4n) is 3.71. The lowest BCUT2D eigenvalue weighted by molar-refractivity contribution is -0.121. The molecule has 3 rings (SSSR count). The van der Waals surface area contributed by atoms with Crippen LogP contribution in [0.15, 0.2) is 54.6 Å². The van der Waals surface area contributed by atoms with Gasteiger partial charge in [0.1, 0.15) is 0 Å². The first kappa shape index (κ1) is 16.7.